The first-order valence-corrected chi connectivity index (χ1v) is 6.40. The van der Waals surface area contributed by atoms with Crippen LogP contribution in [-0.2, 0) is 5.88 Å². The third kappa shape index (κ3) is 2.67. The van der Waals surface area contributed by atoms with Gasteiger partial charge in [0, 0.05) is 25.0 Å². The first-order valence-electron chi connectivity index (χ1n) is 5.87. The minimum atomic E-state index is 0.419. The van der Waals surface area contributed by atoms with Crippen molar-refractivity contribution in [2.75, 3.05) is 18.0 Å². The van der Waals surface area contributed by atoms with E-state index in [9.17, 15) is 0 Å². The number of piperidine rings is 1. The molecule has 0 radical (unpaired) electrons. The van der Waals surface area contributed by atoms with E-state index in [2.05, 4.69) is 35.9 Å². The van der Waals surface area contributed by atoms with E-state index in [1.807, 2.05) is 6.20 Å². The van der Waals surface area contributed by atoms with Gasteiger partial charge in [-0.3, -0.25) is 4.98 Å². The zero-order chi connectivity index (χ0) is 11.6. The highest BCUT2D eigenvalue weighted by atomic mass is 35.5. The number of halogens is 1. The number of alkyl halides is 1. The highest BCUT2D eigenvalue weighted by Gasteiger charge is 2.26. The molecule has 2 nitrogen and oxygen atoms in total. The summed E-state index contributed by atoms with van der Waals surface area (Å²) >= 11 is 5.81. The Bertz CT molecular complexity index is 363. The fourth-order valence-electron chi connectivity index (χ4n) is 2.38. The summed E-state index contributed by atoms with van der Waals surface area (Å²) in [5.74, 6) is 0.491. The Labute approximate surface area is 103 Å². The predicted molar refractivity (Wildman–Crippen MR) is 69.0 cm³/mol. The van der Waals surface area contributed by atoms with Crippen molar-refractivity contribution < 1.29 is 0 Å². The number of hydrogen-bond donors (Lipinski definition) is 0. The fraction of sp³-hybridized carbons (Fsp3) is 0.615. The van der Waals surface area contributed by atoms with E-state index in [0.29, 0.717) is 11.3 Å². The molecule has 0 N–H and O–H groups in total. The molecule has 0 unspecified atom stereocenters. The lowest BCUT2D eigenvalue weighted by Gasteiger charge is -2.39. The maximum atomic E-state index is 5.81. The molecule has 1 aromatic rings. The molecule has 0 aromatic carbocycles. The van der Waals surface area contributed by atoms with Crippen LogP contribution in [0, 0.1) is 5.41 Å². The van der Waals surface area contributed by atoms with Crippen molar-refractivity contribution in [1.29, 1.82) is 0 Å². The van der Waals surface area contributed by atoms with Crippen LogP contribution in [0.5, 0.6) is 0 Å². The van der Waals surface area contributed by atoms with Crippen LogP contribution in [0.4, 0.5) is 5.69 Å². The first kappa shape index (κ1) is 11.7. The van der Waals surface area contributed by atoms with Crippen molar-refractivity contribution in [2.45, 2.75) is 32.6 Å². The minimum Gasteiger partial charge on any atom is -0.371 e. The van der Waals surface area contributed by atoms with Gasteiger partial charge in [0.05, 0.1) is 11.6 Å². The quantitative estimate of drug-likeness (QED) is 0.734. The summed E-state index contributed by atoms with van der Waals surface area (Å²) in [5, 5.41) is 0. The maximum absolute atomic E-state index is 5.81. The molecule has 0 bridgehead atoms. The van der Waals surface area contributed by atoms with Gasteiger partial charge in [-0.05, 0) is 30.4 Å². The van der Waals surface area contributed by atoms with Gasteiger partial charge in [-0.1, -0.05) is 13.8 Å². The number of rotatable bonds is 2. The van der Waals surface area contributed by atoms with Gasteiger partial charge in [-0.2, -0.15) is 0 Å². The highest BCUT2D eigenvalue weighted by molar-refractivity contribution is 6.16. The van der Waals surface area contributed by atoms with Crippen molar-refractivity contribution in [3.63, 3.8) is 0 Å². The van der Waals surface area contributed by atoms with Gasteiger partial charge >= 0.3 is 0 Å². The number of hydrogen-bond acceptors (Lipinski definition) is 2. The second kappa shape index (κ2) is 4.62. The van der Waals surface area contributed by atoms with Gasteiger partial charge in [0.15, 0.2) is 0 Å². The molecule has 0 spiro atoms. The van der Waals surface area contributed by atoms with Crippen LogP contribution < -0.4 is 4.90 Å². The molecule has 1 saturated heterocycles. The molecule has 1 aromatic heterocycles. The zero-order valence-electron chi connectivity index (χ0n) is 10.0. The van der Waals surface area contributed by atoms with E-state index in [1.54, 1.807) is 0 Å². The average Bonchev–Trinajstić information content (AvgIpc) is 2.28. The van der Waals surface area contributed by atoms with Crippen LogP contribution in [0.15, 0.2) is 18.3 Å². The third-order valence-electron chi connectivity index (χ3n) is 3.20. The molecule has 0 aliphatic carbocycles. The van der Waals surface area contributed by atoms with Crippen LogP contribution >= 0.6 is 11.6 Å². The van der Waals surface area contributed by atoms with Gasteiger partial charge in [-0.25, -0.2) is 0 Å². The van der Waals surface area contributed by atoms with Crippen molar-refractivity contribution in [2.24, 2.45) is 5.41 Å². The van der Waals surface area contributed by atoms with Crippen LogP contribution in [0.25, 0.3) is 0 Å². The lowest BCUT2D eigenvalue weighted by Crippen LogP contribution is -2.40. The molecule has 0 atom stereocenters. The fourth-order valence-corrected chi connectivity index (χ4v) is 2.53. The summed E-state index contributed by atoms with van der Waals surface area (Å²) in [6, 6.07) is 4.19. The summed E-state index contributed by atoms with van der Waals surface area (Å²) < 4.78 is 0. The van der Waals surface area contributed by atoms with E-state index < -0.39 is 0 Å². The summed E-state index contributed by atoms with van der Waals surface area (Å²) in [4.78, 5) is 6.68. The number of aromatic nitrogens is 1. The smallest absolute Gasteiger partial charge is 0.0648 e. The van der Waals surface area contributed by atoms with Crippen molar-refractivity contribution in [3.05, 3.63) is 24.0 Å². The lowest BCUT2D eigenvalue weighted by atomic mass is 9.84. The molecule has 2 rings (SSSR count). The molecule has 1 fully saturated rings. The Morgan fingerprint density at radius 1 is 1.50 bits per heavy atom. The molecule has 1 aliphatic rings. The molecule has 2 heterocycles. The number of nitrogens with zero attached hydrogens (tertiary/aromatic N) is 2. The second-order valence-corrected chi connectivity index (χ2v) is 5.60. The lowest BCUT2D eigenvalue weighted by molar-refractivity contribution is 0.293. The summed E-state index contributed by atoms with van der Waals surface area (Å²) in [6.07, 6.45) is 4.44. The molecular weight excluding hydrogens is 220 g/mol. The largest absolute Gasteiger partial charge is 0.371 e. The Hall–Kier alpha value is -0.760. The Morgan fingerprint density at radius 2 is 2.31 bits per heavy atom. The van der Waals surface area contributed by atoms with Crippen LogP contribution in [0.2, 0.25) is 0 Å². The monoisotopic (exact) mass is 238 g/mol. The normalized spacial score (nSPS) is 19.8. The summed E-state index contributed by atoms with van der Waals surface area (Å²) in [6.45, 7) is 6.94. The summed E-state index contributed by atoms with van der Waals surface area (Å²) in [5.41, 5.74) is 2.64. The van der Waals surface area contributed by atoms with Gasteiger partial charge in [0.1, 0.15) is 0 Å². The third-order valence-corrected chi connectivity index (χ3v) is 3.48. The highest BCUT2D eigenvalue weighted by Crippen LogP contribution is 2.31. The zero-order valence-corrected chi connectivity index (χ0v) is 10.8. The molecule has 3 heteroatoms. The van der Waals surface area contributed by atoms with Crippen molar-refractivity contribution in [1.82, 2.24) is 4.98 Å². The maximum Gasteiger partial charge on any atom is 0.0648 e. The van der Waals surface area contributed by atoms with E-state index in [1.165, 1.54) is 18.5 Å². The second-order valence-electron chi connectivity index (χ2n) is 5.33. The van der Waals surface area contributed by atoms with Crippen LogP contribution in [-0.4, -0.2) is 18.1 Å². The molecule has 16 heavy (non-hydrogen) atoms. The molecule has 88 valence electrons. The van der Waals surface area contributed by atoms with Gasteiger partial charge in [-0.15, -0.1) is 11.6 Å². The standard InChI is InChI=1S/C13H19ClN2/c1-13(2)5-3-7-16(10-13)12-4-6-15-11(8-12)9-14/h4,6,8H,3,5,7,9-10H2,1-2H3. The molecule has 0 saturated carbocycles. The first-order chi connectivity index (χ1) is 7.61. The van der Waals surface area contributed by atoms with Crippen molar-refractivity contribution in [3.8, 4) is 0 Å². The molecule has 0 amide bonds. The SMILES string of the molecule is CC1(C)CCCN(c2ccnc(CCl)c2)C1. The van der Waals surface area contributed by atoms with E-state index >= 15 is 0 Å². The van der Waals surface area contributed by atoms with Crippen LogP contribution in [0.3, 0.4) is 0 Å². The minimum absolute atomic E-state index is 0.419. The Kier molecular flexibility index (Phi) is 3.38. The molecule has 1 aliphatic heterocycles. The molecular formula is C13H19ClN2. The Morgan fingerprint density at radius 3 is 3.00 bits per heavy atom. The van der Waals surface area contributed by atoms with E-state index in [0.717, 1.165) is 18.8 Å². The van der Waals surface area contributed by atoms with Gasteiger partial charge in [0.25, 0.3) is 0 Å². The van der Waals surface area contributed by atoms with Crippen molar-refractivity contribution >= 4 is 17.3 Å². The number of pyridine rings is 1. The van der Waals surface area contributed by atoms with Gasteiger partial charge < -0.3 is 4.90 Å². The van der Waals surface area contributed by atoms with E-state index in [4.69, 9.17) is 11.6 Å². The van der Waals surface area contributed by atoms with Crippen LogP contribution in [0.1, 0.15) is 32.4 Å². The number of anilines is 1. The summed E-state index contributed by atoms with van der Waals surface area (Å²) in [7, 11) is 0. The predicted octanol–water partition coefficient (Wildman–Crippen LogP) is 3.45. The van der Waals surface area contributed by atoms with Gasteiger partial charge in [0.2, 0.25) is 0 Å². The van der Waals surface area contributed by atoms with E-state index in [-0.39, 0.29) is 0 Å². The topological polar surface area (TPSA) is 16.1 Å². The Balaban J connectivity index is 2.16. The average molecular weight is 239 g/mol.